The summed E-state index contributed by atoms with van der Waals surface area (Å²) in [5, 5.41) is 19.1. The van der Waals surface area contributed by atoms with Crippen molar-refractivity contribution in [2.75, 3.05) is 18.0 Å². The minimum Gasteiger partial charge on any atom is -0.351 e. The van der Waals surface area contributed by atoms with Crippen LogP contribution in [0.25, 0.3) is 0 Å². The number of nitro groups is 1. The van der Waals surface area contributed by atoms with Gasteiger partial charge in [0.05, 0.1) is 4.92 Å². The predicted molar refractivity (Wildman–Crippen MR) is 76.0 cm³/mol. The Morgan fingerprint density at radius 1 is 1.25 bits per heavy atom. The topological polar surface area (TPSA) is 76.2 Å². The highest BCUT2D eigenvalue weighted by Gasteiger charge is 2.32. The molecule has 1 saturated carbocycles. The molecule has 0 spiro atoms. The molecule has 0 atom stereocenters. The minimum absolute atomic E-state index is 0.154. The van der Waals surface area contributed by atoms with E-state index < -0.39 is 0 Å². The fourth-order valence-corrected chi connectivity index (χ4v) is 3.04. The Balaban J connectivity index is 1.72. The van der Waals surface area contributed by atoms with Crippen molar-refractivity contribution < 1.29 is 4.92 Å². The molecule has 1 N–H and O–H groups in total. The third-order valence-electron chi connectivity index (χ3n) is 4.19. The summed E-state index contributed by atoms with van der Waals surface area (Å²) >= 11 is 0. The standard InChI is InChI=1S/C13H21N5O2/c1-9-12(18(19)20)13(16(2)15-9)17-7-5-11(6-8-17)14-10-3-4-10/h10-11,14H,3-8H2,1-2H3. The first-order chi connectivity index (χ1) is 9.56. The van der Waals surface area contributed by atoms with E-state index in [9.17, 15) is 10.1 Å². The van der Waals surface area contributed by atoms with Gasteiger partial charge in [-0.2, -0.15) is 5.10 Å². The van der Waals surface area contributed by atoms with Gasteiger partial charge in [-0.15, -0.1) is 0 Å². The SMILES string of the molecule is Cc1nn(C)c(N2CCC(NC3CC3)CC2)c1[N+](=O)[O-]. The maximum atomic E-state index is 11.2. The highest BCUT2D eigenvalue weighted by molar-refractivity contribution is 5.61. The molecule has 0 radical (unpaired) electrons. The van der Waals surface area contributed by atoms with E-state index in [0.29, 0.717) is 17.6 Å². The number of nitrogens with zero attached hydrogens (tertiary/aromatic N) is 4. The predicted octanol–water partition coefficient (Wildman–Crippen LogP) is 1.36. The molecule has 7 nitrogen and oxygen atoms in total. The van der Waals surface area contributed by atoms with Gasteiger partial charge < -0.3 is 10.2 Å². The van der Waals surface area contributed by atoms with E-state index in [2.05, 4.69) is 15.3 Å². The minimum atomic E-state index is -0.313. The first-order valence-corrected chi connectivity index (χ1v) is 7.25. The van der Waals surface area contributed by atoms with Crippen molar-refractivity contribution in [2.24, 2.45) is 7.05 Å². The molecule has 1 saturated heterocycles. The molecule has 0 aromatic carbocycles. The third kappa shape index (κ3) is 2.49. The molecule has 0 bridgehead atoms. The summed E-state index contributed by atoms with van der Waals surface area (Å²) in [5.74, 6) is 0.650. The average molecular weight is 279 g/mol. The summed E-state index contributed by atoms with van der Waals surface area (Å²) in [4.78, 5) is 13.0. The molecule has 1 aromatic rings. The van der Waals surface area contributed by atoms with Crippen LogP contribution in [0.15, 0.2) is 0 Å². The molecule has 7 heteroatoms. The highest BCUT2D eigenvalue weighted by Crippen LogP contribution is 2.33. The smallest absolute Gasteiger partial charge is 0.333 e. The molecule has 0 amide bonds. The van der Waals surface area contributed by atoms with Crippen LogP contribution in [0.1, 0.15) is 31.4 Å². The number of hydrogen-bond donors (Lipinski definition) is 1. The average Bonchev–Trinajstić information content (AvgIpc) is 3.14. The van der Waals surface area contributed by atoms with Crippen molar-refractivity contribution >= 4 is 11.5 Å². The van der Waals surface area contributed by atoms with Gasteiger partial charge in [0, 0.05) is 32.2 Å². The maximum absolute atomic E-state index is 11.2. The molecule has 2 heterocycles. The molecule has 0 unspecified atom stereocenters. The zero-order valence-electron chi connectivity index (χ0n) is 12.0. The van der Waals surface area contributed by atoms with Crippen molar-refractivity contribution in [3.63, 3.8) is 0 Å². The molecule has 110 valence electrons. The number of hydrogen-bond acceptors (Lipinski definition) is 5. The van der Waals surface area contributed by atoms with Gasteiger partial charge in [-0.25, -0.2) is 4.68 Å². The number of aromatic nitrogens is 2. The summed E-state index contributed by atoms with van der Waals surface area (Å²) in [7, 11) is 1.78. The number of anilines is 1. The Morgan fingerprint density at radius 3 is 2.40 bits per heavy atom. The highest BCUT2D eigenvalue weighted by atomic mass is 16.6. The molecule has 1 aliphatic heterocycles. The van der Waals surface area contributed by atoms with Crippen molar-refractivity contribution in [1.29, 1.82) is 0 Å². The molecule has 3 rings (SSSR count). The summed E-state index contributed by atoms with van der Waals surface area (Å²) in [6.07, 6.45) is 4.68. The van der Waals surface area contributed by atoms with Gasteiger partial charge in [0.15, 0.2) is 0 Å². The molecule has 1 aliphatic carbocycles. The number of piperidine rings is 1. The van der Waals surface area contributed by atoms with Gasteiger partial charge in [0.1, 0.15) is 5.69 Å². The Labute approximate surface area is 118 Å². The quantitative estimate of drug-likeness (QED) is 0.665. The van der Waals surface area contributed by atoms with Crippen LogP contribution in [0, 0.1) is 17.0 Å². The van der Waals surface area contributed by atoms with Crippen molar-refractivity contribution in [3.8, 4) is 0 Å². The van der Waals surface area contributed by atoms with Crippen molar-refractivity contribution in [2.45, 2.75) is 44.7 Å². The van der Waals surface area contributed by atoms with E-state index in [4.69, 9.17) is 0 Å². The number of nitrogens with one attached hydrogen (secondary N) is 1. The van der Waals surface area contributed by atoms with Gasteiger partial charge in [-0.05, 0) is 32.6 Å². The van der Waals surface area contributed by atoms with E-state index in [1.165, 1.54) is 12.8 Å². The normalized spacial score (nSPS) is 20.4. The molecule has 2 aliphatic rings. The zero-order chi connectivity index (χ0) is 14.3. The first-order valence-electron chi connectivity index (χ1n) is 7.25. The van der Waals surface area contributed by atoms with E-state index in [1.807, 2.05) is 0 Å². The fourth-order valence-electron chi connectivity index (χ4n) is 3.04. The van der Waals surface area contributed by atoms with Gasteiger partial charge in [-0.1, -0.05) is 0 Å². The van der Waals surface area contributed by atoms with Gasteiger partial charge in [-0.3, -0.25) is 10.1 Å². The number of aryl methyl sites for hydroxylation is 2. The largest absolute Gasteiger partial charge is 0.351 e. The van der Waals surface area contributed by atoms with E-state index in [-0.39, 0.29) is 10.6 Å². The van der Waals surface area contributed by atoms with Crippen molar-refractivity contribution in [1.82, 2.24) is 15.1 Å². The molecule has 20 heavy (non-hydrogen) atoms. The fraction of sp³-hybridized carbons (Fsp3) is 0.769. The van der Waals surface area contributed by atoms with Crippen LogP contribution in [0.3, 0.4) is 0 Å². The molecular weight excluding hydrogens is 258 g/mol. The van der Waals surface area contributed by atoms with Crippen LogP contribution >= 0.6 is 0 Å². The Kier molecular flexibility index (Phi) is 3.37. The summed E-state index contributed by atoms with van der Waals surface area (Å²) in [5.41, 5.74) is 0.645. The Hall–Kier alpha value is -1.63. The van der Waals surface area contributed by atoms with Crippen LogP contribution in [0.2, 0.25) is 0 Å². The van der Waals surface area contributed by atoms with E-state index >= 15 is 0 Å². The van der Waals surface area contributed by atoms with Crippen LogP contribution in [-0.2, 0) is 7.05 Å². The van der Waals surface area contributed by atoms with Crippen molar-refractivity contribution in [3.05, 3.63) is 15.8 Å². The summed E-state index contributed by atoms with van der Waals surface area (Å²) in [6.45, 7) is 3.40. The van der Waals surface area contributed by atoms with Gasteiger partial charge >= 0.3 is 5.69 Å². The lowest BCUT2D eigenvalue weighted by molar-refractivity contribution is -0.384. The van der Waals surface area contributed by atoms with Gasteiger partial charge in [0.25, 0.3) is 0 Å². The second kappa shape index (κ2) is 5.05. The lowest BCUT2D eigenvalue weighted by Crippen LogP contribution is -2.44. The molecule has 2 fully saturated rings. The molecular formula is C13H21N5O2. The first kappa shape index (κ1) is 13.4. The van der Waals surface area contributed by atoms with Crippen LogP contribution in [-0.4, -0.2) is 39.9 Å². The zero-order valence-corrected chi connectivity index (χ0v) is 12.0. The Bertz CT molecular complexity index is 515. The monoisotopic (exact) mass is 279 g/mol. The lowest BCUT2D eigenvalue weighted by atomic mass is 10.0. The van der Waals surface area contributed by atoms with E-state index in [1.54, 1.807) is 18.7 Å². The second-order valence-corrected chi connectivity index (χ2v) is 5.84. The van der Waals surface area contributed by atoms with Crippen LogP contribution in [0.5, 0.6) is 0 Å². The van der Waals surface area contributed by atoms with Gasteiger partial charge in [0.2, 0.25) is 5.82 Å². The third-order valence-corrected chi connectivity index (χ3v) is 4.19. The van der Waals surface area contributed by atoms with Crippen LogP contribution in [0.4, 0.5) is 11.5 Å². The lowest BCUT2D eigenvalue weighted by Gasteiger charge is -2.33. The Morgan fingerprint density at radius 2 is 1.85 bits per heavy atom. The van der Waals surface area contributed by atoms with Crippen LogP contribution < -0.4 is 10.2 Å². The summed E-state index contributed by atoms with van der Waals surface area (Å²) < 4.78 is 1.64. The maximum Gasteiger partial charge on any atom is 0.333 e. The number of rotatable bonds is 4. The van der Waals surface area contributed by atoms with E-state index in [0.717, 1.165) is 32.0 Å². The summed E-state index contributed by atoms with van der Waals surface area (Å²) in [6, 6.07) is 1.28. The second-order valence-electron chi connectivity index (χ2n) is 5.84. The molecule has 1 aromatic heterocycles.